The van der Waals surface area contributed by atoms with Gasteiger partial charge < -0.3 is 20.4 Å². The second kappa shape index (κ2) is 23.0. The van der Waals surface area contributed by atoms with Gasteiger partial charge in [-0.2, -0.15) is 0 Å². The lowest BCUT2D eigenvalue weighted by atomic mass is 9.96. The molecular formula is C24H42O6. The molecule has 0 fully saturated rings. The molecule has 0 saturated carbocycles. The van der Waals surface area contributed by atoms with Gasteiger partial charge in [0.25, 0.3) is 0 Å². The summed E-state index contributed by atoms with van der Waals surface area (Å²) in [5, 5.41) is 27.9. The molecule has 6 nitrogen and oxygen atoms in total. The fraction of sp³-hybridized carbons (Fsp3) is 0.667. The first-order chi connectivity index (χ1) is 14.3. The van der Waals surface area contributed by atoms with E-state index >= 15 is 0 Å². The van der Waals surface area contributed by atoms with E-state index in [1.807, 2.05) is 0 Å². The Morgan fingerprint density at radius 2 is 0.833 bits per heavy atom. The summed E-state index contributed by atoms with van der Waals surface area (Å²) in [5.41, 5.74) is 3.23. The SMILES string of the molecule is CCCCCCCCc1ccccc1CCCCCCCC.O=C(O)O.O=C(O)O. The number of benzene rings is 1. The van der Waals surface area contributed by atoms with Crippen LogP contribution >= 0.6 is 0 Å². The Hall–Kier alpha value is -2.24. The number of rotatable bonds is 14. The minimum atomic E-state index is -1.83. The van der Waals surface area contributed by atoms with Crippen molar-refractivity contribution in [3.05, 3.63) is 35.4 Å². The van der Waals surface area contributed by atoms with Gasteiger partial charge in [0.05, 0.1) is 0 Å². The van der Waals surface area contributed by atoms with E-state index in [0.717, 1.165) is 0 Å². The van der Waals surface area contributed by atoms with E-state index in [2.05, 4.69) is 38.1 Å². The molecule has 0 spiro atoms. The minimum Gasteiger partial charge on any atom is -0.450 e. The van der Waals surface area contributed by atoms with Crippen molar-refractivity contribution in [1.29, 1.82) is 0 Å². The van der Waals surface area contributed by atoms with Gasteiger partial charge in [-0.1, -0.05) is 102 Å². The van der Waals surface area contributed by atoms with Crippen molar-refractivity contribution in [3.8, 4) is 0 Å². The van der Waals surface area contributed by atoms with Gasteiger partial charge in [0, 0.05) is 0 Å². The summed E-state index contributed by atoms with van der Waals surface area (Å²) >= 11 is 0. The molecule has 0 aliphatic carbocycles. The zero-order chi connectivity index (χ0) is 23.0. The summed E-state index contributed by atoms with van der Waals surface area (Å²) < 4.78 is 0. The van der Waals surface area contributed by atoms with E-state index in [0.29, 0.717) is 0 Å². The van der Waals surface area contributed by atoms with Crippen molar-refractivity contribution < 1.29 is 30.0 Å². The fourth-order valence-corrected chi connectivity index (χ4v) is 3.24. The molecule has 1 rings (SSSR count). The second-order valence-corrected chi connectivity index (χ2v) is 7.37. The highest BCUT2D eigenvalue weighted by atomic mass is 16.6. The van der Waals surface area contributed by atoms with Gasteiger partial charge in [-0.15, -0.1) is 0 Å². The summed E-state index contributed by atoms with van der Waals surface area (Å²) in [4.78, 5) is 17.1. The van der Waals surface area contributed by atoms with E-state index in [4.69, 9.17) is 30.0 Å². The number of aryl methyl sites for hydroxylation is 2. The lowest BCUT2D eigenvalue weighted by Crippen LogP contribution is -1.95. The fourth-order valence-electron chi connectivity index (χ4n) is 3.24. The van der Waals surface area contributed by atoms with E-state index < -0.39 is 12.3 Å². The van der Waals surface area contributed by atoms with Gasteiger partial charge in [0.2, 0.25) is 0 Å². The van der Waals surface area contributed by atoms with Crippen molar-refractivity contribution in [1.82, 2.24) is 0 Å². The van der Waals surface area contributed by atoms with Crippen LogP contribution in [0, 0.1) is 0 Å². The molecule has 0 saturated heterocycles. The summed E-state index contributed by atoms with van der Waals surface area (Å²) in [6.07, 6.45) is 15.7. The second-order valence-electron chi connectivity index (χ2n) is 7.37. The molecule has 0 aliphatic heterocycles. The third kappa shape index (κ3) is 25.8. The van der Waals surface area contributed by atoms with Crippen LogP contribution in [0.1, 0.15) is 102 Å². The van der Waals surface area contributed by atoms with Gasteiger partial charge in [0.1, 0.15) is 0 Å². The molecule has 1 aromatic carbocycles. The first-order valence-corrected chi connectivity index (χ1v) is 11.3. The maximum absolute atomic E-state index is 8.56. The van der Waals surface area contributed by atoms with Crippen LogP contribution in [0.25, 0.3) is 0 Å². The van der Waals surface area contributed by atoms with Gasteiger partial charge in [-0.3, -0.25) is 0 Å². The van der Waals surface area contributed by atoms with Gasteiger partial charge in [-0.25, -0.2) is 9.59 Å². The molecule has 0 unspecified atom stereocenters. The Bertz CT molecular complexity index is 475. The third-order valence-electron chi connectivity index (χ3n) is 4.72. The monoisotopic (exact) mass is 426 g/mol. The first kappa shape index (κ1) is 30.0. The number of carbonyl (C=O) groups is 2. The van der Waals surface area contributed by atoms with Crippen LogP contribution in [-0.2, 0) is 12.8 Å². The highest BCUT2D eigenvalue weighted by molar-refractivity contribution is 5.53. The van der Waals surface area contributed by atoms with Gasteiger partial charge >= 0.3 is 12.3 Å². The molecule has 174 valence electrons. The third-order valence-corrected chi connectivity index (χ3v) is 4.72. The van der Waals surface area contributed by atoms with Crippen molar-refractivity contribution in [2.75, 3.05) is 0 Å². The number of unbranched alkanes of at least 4 members (excludes halogenated alkanes) is 10. The largest absolute Gasteiger partial charge is 0.503 e. The first-order valence-electron chi connectivity index (χ1n) is 11.3. The average molecular weight is 427 g/mol. The van der Waals surface area contributed by atoms with Crippen molar-refractivity contribution in [2.24, 2.45) is 0 Å². The lowest BCUT2D eigenvalue weighted by molar-refractivity contribution is 0.135. The standard InChI is InChI=1S/C22H38.2CH2O3/c1-3-5-7-9-11-13-17-21-19-15-16-20-22(21)18-14-12-10-8-6-4-2;2*2-1(3)4/h15-16,19-20H,3-14,17-18H2,1-2H3;2*(H2,2,3,4). The molecule has 0 amide bonds. The average Bonchev–Trinajstić information content (AvgIpc) is 2.67. The maximum atomic E-state index is 8.56. The Kier molecular flexibility index (Phi) is 23.0. The quantitative estimate of drug-likeness (QED) is 0.224. The minimum absolute atomic E-state index is 1.29. The van der Waals surface area contributed by atoms with E-state index in [1.165, 1.54) is 89.9 Å². The van der Waals surface area contributed by atoms with Crippen molar-refractivity contribution in [3.63, 3.8) is 0 Å². The molecule has 0 aromatic heterocycles. The van der Waals surface area contributed by atoms with E-state index in [-0.39, 0.29) is 0 Å². The predicted octanol–water partition coefficient (Wildman–Crippen LogP) is 7.94. The number of hydrogen-bond acceptors (Lipinski definition) is 2. The molecule has 0 aliphatic rings. The normalized spacial score (nSPS) is 9.67. The molecule has 6 heteroatoms. The molecule has 4 N–H and O–H groups in total. The van der Waals surface area contributed by atoms with E-state index in [1.54, 1.807) is 11.1 Å². The molecule has 1 aromatic rings. The Labute approximate surface area is 182 Å². The van der Waals surface area contributed by atoms with Crippen molar-refractivity contribution >= 4 is 12.3 Å². The zero-order valence-electron chi connectivity index (χ0n) is 18.8. The smallest absolute Gasteiger partial charge is 0.450 e. The van der Waals surface area contributed by atoms with E-state index in [9.17, 15) is 0 Å². The Morgan fingerprint density at radius 1 is 0.567 bits per heavy atom. The highest BCUT2D eigenvalue weighted by Crippen LogP contribution is 2.17. The topological polar surface area (TPSA) is 115 Å². The van der Waals surface area contributed by atoms with Crippen LogP contribution < -0.4 is 0 Å². The van der Waals surface area contributed by atoms with Crippen LogP contribution in [0.3, 0.4) is 0 Å². The van der Waals surface area contributed by atoms with Crippen molar-refractivity contribution in [2.45, 2.75) is 104 Å². The predicted molar refractivity (Wildman–Crippen MR) is 122 cm³/mol. The molecule has 30 heavy (non-hydrogen) atoms. The molecule has 0 atom stereocenters. The van der Waals surface area contributed by atoms with Crippen LogP contribution in [0.15, 0.2) is 24.3 Å². The summed E-state index contributed by atoms with van der Waals surface area (Å²) in [6.45, 7) is 4.58. The van der Waals surface area contributed by atoms with Crippen LogP contribution in [0.2, 0.25) is 0 Å². The van der Waals surface area contributed by atoms with Gasteiger partial charge in [-0.05, 0) is 36.8 Å². The summed E-state index contributed by atoms with van der Waals surface area (Å²) in [5.74, 6) is 0. The highest BCUT2D eigenvalue weighted by Gasteiger charge is 2.02. The summed E-state index contributed by atoms with van der Waals surface area (Å²) in [6, 6.07) is 9.16. The summed E-state index contributed by atoms with van der Waals surface area (Å²) in [7, 11) is 0. The van der Waals surface area contributed by atoms with Crippen LogP contribution in [-0.4, -0.2) is 32.7 Å². The number of hydrogen-bond donors (Lipinski definition) is 4. The Balaban J connectivity index is 0. The van der Waals surface area contributed by atoms with Crippen LogP contribution in [0.4, 0.5) is 9.59 Å². The Morgan fingerprint density at radius 3 is 1.13 bits per heavy atom. The molecule has 0 heterocycles. The van der Waals surface area contributed by atoms with Gasteiger partial charge in [0.15, 0.2) is 0 Å². The van der Waals surface area contributed by atoms with Crippen LogP contribution in [0.5, 0.6) is 0 Å². The zero-order valence-corrected chi connectivity index (χ0v) is 18.8. The lowest BCUT2D eigenvalue weighted by Gasteiger charge is -2.09. The molecule has 0 radical (unpaired) electrons. The molecular weight excluding hydrogens is 384 g/mol. The number of carboxylic acid groups (broad SMARTS) is 4. The maximum Gasteiger partial charge on any atom is 0.503 e. The molecule has 0 bridgehead atoms.